The number of nitrogens with zero attached hydrogens (tertiary/aromatic N) is 3. The second-order valence-corrected chi connectivity index (χ2v) is 11.1. The van der Waals surface area contributed by atoms with Gasteiger partial charge in [-0.1, -0.05) is 76.3 Å². The first-order chi connectivity index (χ1) is 17.2. The monoisotopic (exact) mass is 512 g/mol. The molecule has 6 N–H and O–H groups in total. The van der Waals surface area contributed by atoms with Gasteiger partial charge >= 0.3 is 0 Å². The first-order valence-corrected chi connectivity index (χ1v) is 12.5. The first kappa shape index (κ1) is 28.9. The number of nitrogens with one attached hydrogen (secondary N) is 1. The summed E-state index contributed by atoms with van der Waals surface area (Å²) in [5.41, 5.74) is 3.52. The fourth-order valence-corrected chi connectivity index (χ4v) is 4.95. The van der Waals surface area contributed by atoms with Gasteiger partial charge in [0.2, 0.25) is 0 Å². The summed E-state index contributed by atoms with van der Waals surface area (Å²) in [6.45, 7) is 9.07. The van der Waals surface area contributed by atoms with Crippen LogP contribution in [0.1, 0.15) is 46.6 Å². The summed E-state index contributed by atoms with van der Waals surface area (Å²) in [4.78, 5) is 6.10. The van der Waals surface area contributed by atoms with Crippen molar-refractivity contribution in [3.63, 3.8) is 0 Å². The summed E-state index contributed by atoms with van der Waals surface area (Å²) in [6.07, 6.45) is 9.14. The smallest absolute Gasteiger partial charge is 0.180 e. The molecule has 1 unspecified atom stereocenters. The van der Waals surface area contributed by atoms with E-state index < -0.39 is 18.0 Å². The van der Waals surface area contributed by atoms with E-state index in [1.165, 1.54) is 6.33 Å². The summed E-state index contributed by atoms with van der Waals surface area (Å²) in [7, 11) is 0. The Hall–Kier alpha value is -2.66. The van der Waals surface area contributed by atoms with E-state index >= 15 is 0 Å². The highest BCUT2D eigenvalue weighted by Crippen LogP contribution is 2.35. The highest BCUT2D eigenvalue weighted by Gasteiger charge is 2.37. The minimum atomic E-state index is -2.37. The lowest BCUT2D eigenvalue weighted by molar-refractivity contribution is -0.254. The third kappa shape index (κ3) is 8.16. The van der Waals surface area contributed by atoms with E-state index in [1.54, 1.807) is 4.90 Å². The van der Waals surface area contributed by atoms with Crippen molar-refractivity contribution < 1.29 is 25.5 Å². The summed E-state index contributed by atoms with van der Waals surface area (Å²) in [6, 6.07) is 7.59. The minimum absolute atomic E-state index is 0.0151. The fourth-order valence-electron chi connectivity index (χ4n) is 4.95. The molecule has 0 aliphatic heterocycles. The van der Waals surface area contributed by atoms with Crippen LogP contribution in [0.25, 0.3) is 17.0 Å². The number of hydrogen-bond acceptors (Lipinski definition) is 8. The number of aliphatic hydroxyl groups excluding tert-OH is 1. The van der Waals surface area contributed by atoms with E-state index in [-0.39, 0.29) is 30.5 Å². The summed E-state index contributed by atoms with van der Waals surface area (Å²) in [5, 5.41) is 57.7. The van der Waals surface area contributed by atoms with Crippen molar-refractivity contribution in [2.24, 2.45) is 11.3 Å². The van der Waals surface area contributed by atoms with E-state index in [4.69, 9.17) is 0 Å². The number of rotatable bonds is 11. The van der Waals surface area contributed by atoms with Gasteiger partial charge in [-0.05, 0) is 29.6 Å². The van der Waals surface area contributed by atoms with Gasteiger partial charge in [-0.25, -0.2) is 4.98 Å². The van der Waals surface area contributed by atoms with Crippen molar-refractivity contribution in [2.45, 2.75) is 58.7 Å². The predicted molar refractivity (Wildman–Crippen MR) is 143 cm³/mol. The Balaban J connectivity index is 1.93. The number of aromatic nitrogens is 3. The average molecular weight is 513 g/mol. The molecule has 1 aromatic carbocycles. The molecule has 1 aliphatic carbocycles. The van der Waals surface area contributed by atoms with Gasteiger partial charge in [-0.2, -0.15) is 5.10 Å². The predicted octanol–water partition coefficient (Wildman–Crippen LogP) is 2.47. The Kier molecular flexibility index (Phi) is 8.89. The molecule has 1 aliphatic rings. The van der Waals surface area contributed by atoms with Crippen LogP contribution in [-0.2, 0) is 0 Å². The third-order valence-corrected chi connectivity index (χ3v) is 6.36. The Morgan fingerprint density at radius 3 is 2.27 bits per heavy atom. The highest BCUT2D eigenvalue weighted by molar-refractivity contribution is 5.84. The van der Waals surface area contributed by atoms with Crippen molar-refractivity contribution in [2.75, 3.05) is 19.7 Å². The topological polar surface area (TPSA) is 146 Å². The van der Waals surface area contributed by atoms with Crippen LogP contribution in [-0.4, -0.2) is 82.9 Å². The molecule has 0 saturated carbocycles. The van der Waals surface area contributed by atoms with Crippen molar-refractivity contribution in [1.82, 2.24) is 20.1 Å². The lowest BCUT2D eigenvalue weighted by Crippen LogP contribution is -2.53. The Morgan fingerprint density at radius 1 is 1.03 bits per heavy atom. The number of hydrogen-bond donors (Lipinski definition) is 6. The molecule has 0 amide bonds. The molecule has 1 atom stereocenters. The molecular weight excluding hydrogens is 472 g/mol. The third-order valence-electron chi connectivity index (χ3n) is 6.36. The number of aliphatic hydroxyl groups is 5. The standard InChI is InChI=1S/C28H40N4O5/c1-19(2)24(15-33)32(17-28(36,37)16-27(5,34)35)14-20-10-11-21(13-26(3,4)12-20)22-8-6-7-9-23(22)25-29-18-30-31-25/h6-13,18-19,24,33-37H,14-17H2,1-5H3,(H,29,30,31). The van der Waals surface area contributed by atoms with Crippen molar-refractivity contribution >= 4 is 5.57 Å². The van der Waals surface area contributed by atoms with Crippen molar-refractivity contribution in [1.29, 1.82) is 0 Å². The van der Waals surface area contributed by atoms with Gasteiger partial charge in [-0.15, -0.1) is 0 Å². The lowest BCUT2D eigenvalue weighted by atomic mass is 9.87. The molecule has 0 radical (unpaired) electrons. The fraction of sp³-hybridized carbons (Fsp3) is 0.500. The van der Waals surface area contributed by atoms with E-state index in [0.717, 1.165) is 29.2 Å². The van der Waals surface area contributed by atoms with Gasteiger partial charge in [0.1, 0.15) is 6.33 Å². The average Bonchev–Trinajstić information content (AvgIpc) is 3.24. The van der Waals surface area contributed by atoms with Gasteiger partial charge in [0.25, 0.3) is 0 Å². The second-order valence-electron chi connectivity index (χ2n) is 11.1. The molecular formula is C28H40N4O5. The van der Waals surface area contributed by atoms with Crippen LogP contribution in [0.5, 0.6) is 0 Å². The molecule has 202 valence electrons. The Labute approximate surface area is 218 Å². The molecule has 37 heavy (non-hydrogen) atoms. The van der Waals surface area contributed by atoms with Gasteiger partial charge < -0.3 is 25.5 Å². The molecule has 0 saturated heterocycles. The molecule has 1 aromatic heterocycles. The molecule has 0 spiro atoms. The van der Waals surface area contributed by atoms with Crippen molar-refractivity contribution in [3.05, 3.63) is 66.0 Å². The zero-order chi connectivity index (χ0) is 27.4. The lowest BCUT2D eigenvalue weighted by Gasteiger charge is -2.39. The molecule has 0 bridgehead atoms. The molecule has 2 aromatic rings. The maximum atomic E-state index is 10.6. The number of benzene rings is 1. The van der Waals surface area contributed by atoms with E-state index in [1.807, 2.05) is 50.3 Å². The normalized spacial score (nSPS) is 17.1. The van der Waals surface area contributed by atoms with Gasteiger partial charge in [0, 0.05) is 23.6 Å². The molecule has 1 heterocycles. The molecule has 9 nitrogen and oxygen atoms in total. The largest absolute Gasteiger partial charge is 0.395 e. The van der Waals surface area contributed by atoms with Crippen molar-refractivity contribution in [3.8, 4) is 11.4 Å². The van der Waals surface area contributed by atoms with Crippen LogP contribution in [0.4, 0.5) is 0 Å². The zero-order valence-electron chi connectivity index (χ0n) is 22.3. The van der Waals surface area contributed by atoms with Gasteiger partial charge in [0.15, 0.2) is 17.4 Å². The molecule has 9 heteroatoms. The van der Waals surface area contributed by atoms with Crippen LogP contribution < -0.4 is 0 Å². The zero-order valence-corrected chi connectivity index (χ0v) is 22.3. The van der Waals surface area contributed by atoms with Crippen LogP contribution >= 0.6 is 0 Å². The summed E-state index contributed by atoms with van der Waals surface area (Å²) in [5.74, 6) is -3.93. The van der Waals surface area contributed by atoms with Crippen LogP contribution in [0.3, 0.4) is 0 Å². The molecule has 3 rings (SSSR count). The number of H-pyrrole nitrogens is 1. The first-order valence-electron chi connectivity index (χ1n) is 12.5. The summed E-state index contributed by atoms with van der Waals surface area (Å²) < 4.78 is 0. The quantitative estimate of drug-likeness (QED) is 0.252. The maximum Gasteiger partial charge on any atom is 0.180 e. The van der Waals surface area contributed by atoms with E-state index in [9.17, 15) is 25.5 Å². The van der Waals surface area contributed by atoms with E-state index in [0.29, 0.717) is 12.4 Å². The van der Waals surface area contributed by atoms with Crippen LogP contribution in [0, 0.1) is 11.3 Å². The Morgan fingerprint density at radius 2 is 1.70 bits per heavy atom. The molecule has 0 fully saturated rings. The highest BCUT2D eigenvalue weighted by atomic mass is 16.5. The minimum Gasteiger partial charge on any atom is -0.395 e. The van der Waals surface area contributed by atoms with E-state index in [2.05, 4.69) is 41.2 Å². The maximum absolute atomic E-state index is 10.6. The van der Waals surface area contributed by atoms with Crippen LogP contribution in [0.15, 0.2) is 60.5 Å². The van der Waals surface area contributed by atoms with Gasteiger partial charge in [-0.3, -0.25) is 10.00 Å². The second kappa shape index (κ2) is 11.4. The van der Waals surface area contributed by atoms with Gasteiger partial charge in [0.05, 0.1) is 19.6 Å². The Bertz CT molecular complexity index is 1130. The SMILES string of the molecule is CC(C)C(CO)N(CC1=CC(C)(C)C=C(c2ccccc2-c2ncn[nH]2)C=C1)CC(O)(O)CC(C)(O)O. The number of allylic oxidation sites excluding steroid dienone is 4. The summed E-state index contributed by atoms with van der Waals surface area (Å²) >= 11 is 0. The van der Waals surface area contributed by atoms with Crippen LogP contribution in [0.2, 0.25) is 0 Å². The number of aromatic amines is 1.